The van der Waals surface area contributed by atoms with Crippen molar-refractivity contribution in [2.24, 2.45) is 5.92 Å². The Morgan fingerprint density at radius 2 is 1.82 bits per heavy atom. The number of benzene rings is 2. The molecule has 1 aliphatic heterocycles. The monoisotopic (exact) mass is 478 g/mol. The van der Waals surface area contributed by atoms with Crippen molar-refractivity contribution in [2.45, 2.75) is 19.6 Å². The van der Waals surface area contributed by atoms with Crippen molar-refractivity contribution in [3.63, 3.8) is 0 Å². The van der Waals surface area contributed by atoms with Crippen molar-refractivity contribution >= 4 is 29.0 Å². The Morgan fingerprint density at radius 1 is 1.15 bits per heavy atom. The predicted molar refractivity (Wildman–Crippen MR) is 119 cm³/mol. The molecule has 3 N–H and O–H groups in total. The zero-order valence-corrected chi connectivity index (χ0v) is 18.5. The molecule has 8 nitrogen and oxygen atoms in total. The van der Waals surface area contributed by atoms with Crippen LogP contribution >= 0.6 is 0 Å². The van der Waals surface area contributed by atoms with Crippen molar-refractivity contribution in [3.8, 4) is 0 Å². The molecule has 2 heterocycles. The first-order valence-electron chi connectivity index (χ1n) is 10.5. The van der Waals surface area contributed by atoms with Gasteiger partial charge in [-0.2, -0.15) is 18.2 Å². The first kappa shape index (κ1) is 25.0. The summed E-state index contributed by atoms with van der Waals surface area (Å²) in [5.74, 6) is -2.32. The van der Waals surface area contributed by atoms with Crippen LogP contribution in [0.5, 0.6) is 0 Å². The van der Waals surface area contributed by atoms with Gasteiger partial charge in [0.2, 0.25) is 0 Å². The number of nitrogens with two attached hydrogens (primary N) is 1. The van der Waals surface area contributed by atoms with E-state index >= 15 is 0 Å². The highest BCUT2D eigenvalue weighted by molar-refractivity contribution is 5.97. The third-order valence-electron chi connectivity index (χ3n) is 5.22. The third-order valence-corrected chi connectivity index (χ3v) is 5.22. The van der Waals surface area contributed by atoms with Crippen molar-refractivity contribution in [1.29, 1.82) is 0 Å². The van der Waals surface area contributed by atoms with E-state index in [1.54, 1.807) is 18.2 Å². The topological polar surface area (TPSA) is 113 Å². The second kappa shape index (κ2) is 10.6. The number of oxazole rings is 1. The molecule has 1 aromatic heterocycles. The van der Waals surface area contributed by atoms with Gasteiger partial charge in [0.05, 0.1) is 0 Å². The average Bonchev–Trinajstić information content (AvgIpc) is 3.05. The number of hydrogen-bond donors (Lipinski definition) is 2. The highest BCUT2D eigenvalue weighted by Gasteiger charge is 2.38. The van der Waals surface area contributed by atoms with Crippen molar-refractivity contribution < 1.29 is 32.3 Å². The van der Waals surface area contributed by atoms with Gasteiger partial charge in [0, 0.05) is 38.3 Å². The van der Waals surface area contributed by atoms with E-state index in [4.69, 9.17) is 20.1 Å². The number of nitrogens with zero attached hydrogens (tertiary/aromatic N) is 3. The molecule has 1 aliphatic rings. The normalized spacial score (nSPS) is 17.1. The number of anilines is 1. The van der Waals surface area contributed by atoms with E-state index < -0.39 is 12.1 Å². The van der Waals surface area contributed by atoms with Gasteiger partial charge in [-0.15, -0.1) is 0 Å². The van der Waals surface area contributed by atoms with Crippen LogP contribution in [-0.2, 0) is 11.3 Å². The second-order valence-electron chi connectivity index (χ2n) is 8.11. The number of carboxylic acids is 1. The zero-order valence-electron chi connectivity index (χ0n) is 18.5. The van der Waals surface area contributed by atoms with Gasteiger partial charge in [0.1, 0.15) is 5.52 Å². The molecule has 0 saturated carbocycles. The predicted octanol–water partition coefficient (Wildman–Crippen LogP) is 3.64. The molecule has 1 unspecified atom stereocenters. The van der Waals surface area contributed by atoms with Crippen LogP contribution in [0, 0.1) is 5.92 Å². The van der Waals surface area contributed by atoms with E-state index in [9.17, 15) is 18.0 Å². The lowest BCUT2D eigenvalue weighted by molar-refractivity contribution is -0.192. The number of carbonyl (C=O) groups excluding carboxylic acids is 1. The lowest BCUT2D eigenvalue weighted by atomic mass is 10.1. The minimum Gasteiger partial charge on any atom is -0.475 e. The Hall–Kier alpha value is -3.60. The third kappa shape index (κ3) is 6.70. The highest BCUT2D eigenvalue weighted by Crippen LogP contribution is 2.21. The molecule has 2 aromatic carbocycles. The fourth-order valence-electron chi connectivity index (χ4n) is 3.75. The smallest absolute Gasteiger partial charge is 0.475 e. The molecule has 3 aromatic rings. The quantitative estimate of drug-likeness (QED) is 0.591. The maximum Gasteiger partial charge on any atom is 0.490 e. The maximum absolute atomic E-state index is 13.0. The number of hydrogen-bond acceptors (Lipinski definition) is 6. The number of halogens is 3. The van der Waals surface area contributed by atoms with Crippen LogP contribution in [0.25, 0.3) is 11.1 Å². The lowest BCUT2D eigenvalue weighted by Crippen LogP contribution is -2.35. The minimum absolute atomic E-state index is 0.0280. The number of alkyl halides is 3. The van der Waals surface area contributed by atoms with Crippen LogP contribution in [0.2, 0.25) is 0 Å². The fraction of sp³-hybridized carbons (Fsp3) is 0.348. The summed E-state index contributed by atoms with van der Waals surface area (Å²) >= 11 is 0. The summed E-state index contributed by atoms with van der Waals surface area (Å²) in [6, 6.07) is 15.9. The number of nitrogen functional groups attached to an aromatic ring is 1. The highest BCUT2D eigenvalue weighted by atomic mass is 19.4. The molecule has 1 atom stereocenters. The Morgan fingerprint density at radius 3 is 2.47 bits per heavy atom. The molecule has 34 heavy (non-hydrogen) atoms. The number of carbonyl (C=O) groups is 2. The second-order valence-corrected chi connectivity index (χ2v) is 8.11. The summed E-state index contributed by atoms with van der Waals surface area (Å²) in [5.41, 5.74) is 8.73. The molecular formula is C23H25F3N4O4. The van der Waals surface area contributed by atoms with E-state index in [1.165, 1.54) is 5.56 Å². The largest absolute Gasteiger partial charge is 0.490 e. The first-order chi connectivity index (χ1) is 16.0. The van der Waals surface area contributed by atoms with Crippen LogP contribution in [-0.4, -0.2) is 64.1 Å². The van der Waals surface area contributed by atoms with Gasteiger partial charge >= 0.3 is 12.1 Å². The van der Waals surface area contributed by atoms with Crippen LogP contribution in [0.1, 0.15) is 22.8 Å². The van der Waals surface area contributed by atoms with Crippen LogP contribution < -0.4 is 5.73 Å². The summed E-state index contributed by atoms with van der Waals surface area (Å²) in [5, 5.41) is 7.12. The molecule has 4 rings (SSSR count). The molecule has 0 radical (unpaired) electrons. The van der Waals surface area contributed by atoms with Gasteiger partial charge in [-0.05, 0) is 29.7 Å². The standard InChI is InChI=1S/C21H24N4O2.C2HF3O2/c1-15-12-24(14-16-5-3-2-4-6-16)9-10-25(13-15)20(26)17-7-8-18-19(11-17)27-21(22)23-18;3-2(4,5)1(6)7/h2-8,11,15H,9-10,12-14H2,1H3,(H2,22,23);(H,6,7). The molecule has 1 amide bonds. The van der Waals surface area contributed by atoms with E-state index in [0.29, 0.717) is 29.1 Å². The Kier molecular flexibility index (Phi) is 7.77. The van der Waals surface area contributed by atoms with Gasteiger partial charge in [-0.25, -0.2) is 4.79 Å². The minimum atomic E-state index is -5.08. The van der Waals surface area contributed by atoms with Gasteiger partial charge in [0.25, 0.3) is 11.9 Å². The zero-order chi connectivity index (χ0) is 24.9. The molecule has 0 aliphatic carbocycles. The van der Waals surface area contributed by atoms with Crippen molar-refractivity contribution in [1.82, 2.24) is 14.8 Å². The van der Waals surface area contributed by atoms with E-state index in [2.05, 4.69) is 41.1 Å². The van der Waals surface area contributed by atoms with Crippen LogP contribution in [0.3, 0.4) is 0 Å². The average molecular weight is 478 g/mol. The number of carboxylic acid groups (broad SMARTS) is 1. The molecule has 1 saturated heterocycles. The van der Waals surface area contributed by atoms with Crippen molar-refractivity contribution in [2.75, 3.05) is 31.9 Å². The molecule has 0 bridgehead atoms. The number of aliphatic carboxylic acids is 1. The summed E-state index contributed by atoms with van der Waals surface area (Å²) in [7, 11) is 0. The van der Waals surface area contributed by atoms with E-state index in [0.717, 1.165) is 26.2 Å². The number of fused-ring (bicyclic) bond motifs is 1. The van der Waals surface area contributed by atoms with Crippen LogP contribution in [0.4, 0.5) is 19.2 Å². The summed E-state index contributed by atoms with van der Waals surface area (Å²) in [4.78, 5) is 30.4. The van der Waals surface area contributed by atoms with Gasteiger partial charge in [0.15, 0.2) is 5.58 Å². The molecule has 0 spiro atoms. The summed E-state index contributed by atoms with van der Waals surface area (Å²) < 4.78 is 37.1. The van der Waals surface area contributed by atoms with E-state index in [1.807, 2.05) is 11.0 Å². The van der Waals surface area contributed by atoms with E-state index in [-0.39, 0.29) is 11.9 Å². The summed E-state index contributed by atoms with van der Waals surface area (Å²) in [6.45, 7) is 6.42. The van der Waals surface area contributed by atoms with Crippen molar-refractivity contribution in [3.05, 3.63) is 59.7 Å². The number of amides is 1. The Labute approximate surface area is 193 Å². The lowest BCUT2D eigenvalue weighted by Gasteiger charge is -2.22. The van der Waals surface area contributed by atoms with Gasteiger partial charge in [-0.1, -0.05) is 37.3 Å². The molecular weight excluding hydrogens is 453 g/mol. The van der Waals surface area contributed by atoms with Gasteiger partial charge in [-0.3, -0.25) is 9.69 Å². The molecule has 1 fully saturated rings. The SMILES string of the molecule is CC1CN(Cc2ccccc2)CCN(C(=O)c2ccc3nc(N)oc3c2)C1.O=C(O)C(F)(F)F. The molecule has 11 heteroatoms. The summed E-state index contributed by atoms with van der Waals surface area (Å²) in [6.07, 6.45) is -5.08. The Balaban J connectivity index is 0.000000406. The first-order valence-corrected chi connectivity index (χ1v) is 10.5. The number of aromatic nitrogens is 1. The van der Waals surface area contributed by atoms with Gasteiger partial charge < -0.3 is 20.2 Å². The molecule has 182 valence electrons. The fourth-order valence-corrected chi connectivity index (χ4v) is 3.75. The Bertz CT molecular complexity index is 1130. The maximum atomic E-state index is 13.0. The number of rotatable bonds is 3. The van der Waals surface area contributed by atoms with Crippen LogP contribution in [0.15, 0.2) is 52.9 Å².